The predicted molar refractivity (Wildman–Crippen MR) is 96.3 cm³/mol. The Hall–Kier alpha value is -1.86. The van der Waals surface area contributed by atoms with Crippen LogP contribution in [0.1, 0.15) is 5.56 Å². The van der Waals surface area contributed by atoms with Crippen molar-refractivity contribution in [2.45, 2.75) is 5.75 Å². The van der Waals surface area contributed by atoms with Gasteiger partial charge in [0.1, 0.15) is 0 Å². The summed E-state index contributed by atoms with van der Waals surface area (Å²) in [6, 6.07) is 14.3. The minimum atomic E-state index is -3.14. The molecule has 0 unspecified atom stereocenters. The van der Waals surface area contributed by atoms with E-state index in [-0.39, 0.29) is 18.2 Å². The highest BCUT2D eigenvalue weighted by Gasteiger charge is 2.10. The van der Waals surface area contributed by atoms with Crippen molar-refractivity contribution in [3.8, 4) is 0 Å². The molecule has 0 atom stereocenters. The van der Waals surface area contributed by atoms with Gasteiger partial charge >= 0.3 is 0 Å². The number of anilines is 2. The Balaban J connectivity index is 1.98. The average Bonchev–Trinajstić information content (AvgIpc) is 2.47. The number of benzene rings is 2. The Labute approximate surface area is 144 Å². The number of sulfone groups is 1. The second-order valence-corrected chi connectivity index (χ2v) is 8.19. The van der Waals surface area contributed by atoms with Crippen LogP contribution in [0.15, 0.2) is 53.0 Å². The number of hydrogen-bond acceptors (Lipinski definition) is 4. The number of amides is 1. The molecule has 0 aliphatic heterocycles. The fourth-order valence-electron chi connectivity index (χ4n) is 2.02. The maximum Gasteiger partial charge on any atom is 0.243 e. The van der Waals surface area contributed by atoms with Crippen LogP contribution in [-0.2, 0) is 20.4 Å². The maximum absolute atomic E-state index is 12.0. The average molecular weight is 397 g/mol. The van der Waals surface area contributed by atoms with E-state index in [9.17, 15) is 13.2 Å². The molecule has 5 nitrogen and oxygen atoms in total. The van der Waals surface area contributed by atoms with Crippen LogP contribution < -0.4 is 10.6 Å². The van der Waals surface area contributed by atoms with Gasteiger partial charge in [0.05, 0.1) is 12.3 Å². The van der Waals surface area contributed by atoms with Gasteiger partial charge in [-0.3, -0.25) is 4.79 Å². The lowest BCUT2D eigenvalue weighted by atomic mass is 10.2. The Morgan fingerprint density at radius 1 is 1.09 bits per heavy atom. The summed E-state index contributed by atoms with van der Waals surface area (Å²) in [7, 11) is -3.14. The molecule has 0 aliphatic rings. The Bertz CT molecular complexity index is 789. The third-order valence-corrected chi connectivity index (χ3v) is 4.37. The molecule has 2 aromatic rings. The third kappa shape index (κ3) is 6.03. The van der Waals surface area contributed by atoms with Crippen molar-refractivity contribution < 1.29 is 13.2 Å². The van der Waals surface area contributed by atoms with Gasteiger partial charge in [0.25, 0.3) is 0 Å². The number of halogens is 1. The number of carbonyl (C=O) groups excluding carboxylic acids is 1. The van der Waals surface area contributed by atoms with Crippen LogP contribution in [-0.4, -0.2) is 27.1 Å². The van der Waals surface area contributed by atoms with E-state index in [4.69, 9.17) is 0 Å². The molecule has 23 heavy (non-hydrogen) atoms. The third-order valence-electron chi connectivity index (χ3n) is 3.00. The highest BCUT2D eigenvalue weighted by atomic mass is 79.9. The van der Waals surface area contributed by atoms with E-state index in [1.54, 1.807) is 36.4 Å². The Kier molecular flexibility index (Phi) is 5.79. The topological polar surface area (TPSA) is 75.3 Å². The van der Waals surface area contributed by atoms with Gasteiger partial charge in [0.2, 0.25) is 5.91 Å². The minimum Gasteiger partial charge on any atom is -0.376 e. The van der Waals surface area contributed by atoms with Crippen LogP contribution in [0.25, 0.3) is 0 Å². The molecule has 0 bridgehead atoms. The quantitative estimate of drug-likeness (QED) is 0.786. The largest absolute Gasteiger partial charge is 0.376 e. The number of rotatable bonds is 6. The zero-order valence-corrected chi connectivity index (χ0v) is 14.9. The summed E-state index contributed by atoms with van der Waals surface area (Å²) < 4.78 is 23.8. The second-order valence-electron chi connectivity index (χ2n) is 5.14. The van der Waals surface area contributed by atoms with E-state index in [1.165, 1.54) is 6.26 Å². The molecule has 0 heterocycles. The zero-order valence-electron chi connectivity index (χ0n) is 12.5. The Morgan fingerprint density at radius 2 is 1.74 bits per heavy atom. The summed E-state index contributed by atoms with van der Waals surface area (Å²) in [5.74, 6) is -0.272. The summed E-state index contributed by atoms with van der Waals surface area (Å²) in [5.41, 5.74) is 1.99. The van der Waals surface area contributed by atoms with Crippen LogP contribution >= 0.6 is 15.9 Å². The van der Waals surface area contributed by atoms with Crippen molar-refractivity contribution in [1.29, 1.82) is 0 Å². The summed E-state index contributed by atoms with van der Waals surface area (Å²) in [6.07, 6.45) is 1.18. The van der Waals surface area contributed by atoms with Crippen LogP contribution in [0, 0.1) is 0 Å². The first kappa shape index (κ1) is 17.5. The standard InChI is InChI=1S/C16H17BrN2O3S/c1-23(21,22)11-12-4-2-3-5-15(12)18-10-16(20)19-14-8-6-13(17)7-9-14/h2-9,18H,10-11H2,1H3,(H,19,20). The van der Waals surface area contributed by atoms with Gasteiger partial charge in [0.15, 0.2) is 9.84 Å². The SMILES string of the molecule is CS(=O)(=O)Cc1ccccc1NCC(=O)Nc1ccc(Br)cc1. The first-order valence-corrected chi connectivity index (χ1v) is 9.74. The predicted octanol–water partition coefficient (Wildman–Crippen LogP) is 3.04. The zero-order chi connectivity index (χ0) is 16.9. The van der Waals surface area contributed by atoms with Crippen molar-refractivity contribution in [2.75, 3.05) is 23.4 Å². The molecular formula is C16H17BrN2O3S. The first-order chi connectivity index (χ1) is 10.8. The highest BCUT2D eigenvalue weighted by molar-refractivity contribution is 9.10. The number of hydrogen-bond donors (Lipinski definition) is 2. The summed E-state index contributed by atoms with van der Waals surface area (Å²) in [5, 5.41) is 5.75. The van der Waals surface area contributed by atoms with E-state index in [0.29, 0.717) is 16.9 Å². The molecule has 122 valence electrons. The van der Waals surface area contributed by atoms with Gasteiger partial charge in [-0.2, -0.15) is 0 Å². The molecule has 0 radical (unpaired) electrons. The lowest BCUT2D eigenvalue weighted by Gasteiger charge is -2.11. The molecule has 2 N–H and O–H groups in total. The summed E-state index contributed by atoms with van der Waals surface area (Å²) in [4.78, 5) is 12.0. The van der Waals surface area contributed by atoms with Crippen molar-refractivity contribution in [3.05, 3.63) is 58.6 Å². The van der Waals surface area contributed by atoms with Crippen molar-refractivity contribution >= 4 is 43.0 Å². The van der Waals surface area contributed by atoms with Gasteiger partial charge in [-0.1, -0.05) is 34.1 Å². The fraction of sp³-hybridized carbons (Fsp3) is 0.188. The van der Waals surface area contributed by atoms with Crippen molar-refractivity contribution in [2.24, 2.45) is 0 Å². The lowest BCUT2D eigenvalue weighted by Crippen LogP contribution is -2.22. The van der Waals surface area contributed by atoms with Gasteiger partial charge in [-0.05, 0) is 35.9 Å². The van der Waals surface area contributed by atoms with Gasteiger partial charge in [0, 0.05) is 22.1 Å². The Morgan fingerprint density at radius 3 is 2.39 bits per heavy atom. The molecule has 2 rings (SSSR count). The first-order valence-electron chi connectivity index (χ1n) is 6.88. The minimum absolute atomic E-state index is 0.0524. The highest BCUT2D eigenvalue weighted by Crippen LogP contribution is 2.18. The van der Waals surface area contributed by atoms with E-state index >= 15 is 0 Å². The molecule has 0 saturated carbocycles. The number of nitrogens with one attached hydrogen (secondary N) is 2. The fourth-order valence-corrected chi connectivity index (χ4v) is 3.10. The molecule has 7 heteroatoms. The van der Waals surface area contributed by atoms with E-state index in [2.05, 4.69) is 26.6 Å². The van der Waals surface area contributed by atoms with E-state index < -0.39 is 9.84 Å². The molecule has 0 saturated heterocycles. The molecule has 0 fully saturated rings. The van der Waals surface area contributed by atoms with E-state index in [0.717, 1.165) is 4.47 Å². The van der Waals surface area contributed by atoms with Crippen molar-refractivity contribution in [3.63, 3.8) is 0 Å². The summed E-state index contributed by atoms with van der Waals surface area (Å²) in [6.45, 7) is 0.0524. The molecule has 2 aromatic carbocycles. The van der Waals surface area contributed by atoms with Crippen LogP contribution in [0.3, 0.4) is 0 Å². The lowest BCUT2D eigenvalue weighted by molar-refractivity contribution is -0.114. The number of carbonyl (C=O) groups is 1. The molecule has 1 amide bonds. The van der Waals surface area contributed by atoms with Gasteiger partial charge in [-0.25, -0.2) is 8.42 Å². The van der Waals surface area contributed by atoms with Crippen LogP contribution in [0.5, 0.6) is 0 Å². The molecule has 0 aromatic heterocycles. The normalized spacial score (nSPS) is 11.0. The molecular weight excluding hydrogens is 380 g/mol. The molecule has 0 spiro atoms. The monoisotopic (exact) mass is 396 g/mol. The van der Waals surface area contributed by atoms with E-state index in [1.807, 2.05) is 12.1 Å². The summed E-state index contributed by atoms with van der Waals surface area (Å²) >= 11 is 3.33. The number of para-hydroxylation sites is 1. The smallest absolute Gasteiger partial charge is 0.243 e. The van der Waals surface area contributed by atoms with Crippen LogP contribution in [0.4, 0.5) is 11.4 Å². The maximum atomic E-state index is 12.0. The second kappa shape index (κ2) is 7.61. The van der Waals surface area contributed by atoms with Gasteiger partial charge < -0.3 is 10.6 Å². The van der Waals surface area contributed by atoms with Crippen molar-refractivity contribution in [1.82, 2.24) is 0 Å². The van der Waals surface area contributed by atoms with Gasteiger partial charge in [-0.15, -0.1) is 0 Å². The molecule has 0 aliphatic carbocycles. The van der Waals surface area contributed by atoms with Crippen LogP contribution in [0.2, 0.25) is 0 Å².